The van der Waals surface area contributed by atoms with Crippen molar-refractivity contribution in [1.82, 2.24) is 9.55 Å². The van der Waals surface area contributed by atoms with Gasteiger partial charge in [0.05, 0.1) is 35.6 Å². The third kappa shape index (κ3) is 4.35. The Kier molecular flexibility index (Phi) is 5.77. The summed E-state index contributed by atoms with van der Waals surface area (Å²) in [6.45, 7) is 0.246. The number of carbonyl (C=O) groups excluding carboxylic acids is 1. The van der Waals surface area contributed by atoms with Gasteiger partial charge in [0.25, 0.3) is 5.56 Å². The first kappa shape index (κ1) is 17.8. The molecule has 6 nitrogen and oxygen atoms in total. The fourth-order valence-electron chi connectivity index (χ4n) is 2.56. The number of ether oxygens (including phenoxy) is 1. The SMILES string of the molecule is N#C[C@@H](COC(=O)CCn1cnc2ccccc2c1=O)Cc1cccs1. The van der Waals surface area contributed by atoms with E-state index in [2.05, 4.69) is 11.1 Å². The number of hydrogen-bond donors (Lipinski definition) is 0. The molecule has 0 saturated heterocycles. The molecule has 0 radical (unpaired) electrons. The highest BCUT2D eigenvalue weighted by Crippen LogP contribution is 2.14. The average Bonchev–Trinajstić information content (AvgIpc) is 3.18. The van der Waals surface area contributed by atoms with Gasteiger partial charge in [-0.1, -0.05) is 18.2 Å². The van der Waals surface area contributed by atoms with E-state index in [4.69, 9.17) is 4.74 Å². The van der Waals surface area contributed by atoms with Crippen LogP contribution in [-0.2, 0) is 22.5 Å². The van der Waals surface area contributed by atoms with E-state index in [1.165, 1.54) is 10.9 Å². The summed E-state index contributed by atoms with van der Waals surface area (Å²) in [4.78, 5) is 29.6. The molecule has 0 aliphatic carbocycles. The summed E-state index contributed by atoms with van der Waals surface area (Å²) in [7, 11) is 0. The number of carbonyl (C=O) groups is 1. The summed E-state index contributed by atoms with van der Waals surface area (Å²) in [5, 5.41) is 11.7. The van der Waals surface area contributed by atoms with Crippen LogP contribution in [-0.4, -0.2) is 22.1 Å². The molecule has 0 aliphatic rings. The predicted molar refractivity (Wildman–Crippen MR) is 98.7 cm³/mol. The van der Waals surface area contributed by atoms with Gasteiger partial charge in [-0.25, -0.2) is 4.98 Å². The highest BCUT2D eigenvalue weighted by molar-refractivity contribution is 7.09. The second-order valence-electron chi connectivity index (χ2n) is 5.80. The molecule has 7 heteroatoms. The van der Waals surface area contributed by atoms with Gasteiger partial charge in [-0.05, 0) is 23.6 Å². The van der Waals surface area contributed by atoms with Crippen LogP contribution in [0.3, 0.4) is 0 Å². The van der Waals surface area contributed by atoms with Crippen molar-refractivity contribution < 1.29 is 9.53 Å². The van der Waals surface area contributed by atoms with Gasteiger partial charge in [0, 0.05) is 17.8 Å². The first-order valence-corrected chi connectivity index (χ1v) is 9.07. The molecular formula is C19H17N3O3S. The van der Waals surface area contributed by atoms with E-state index in [1.807, 2.05) is 23.6 Å². The molecule has 26 heavy (non-hydrogen) atoms. The Morgan fingerprint density at radius 2 is 2.15 bits per heavy atom. The number of aromatic nitrogens is 2. The lowest BCUT2D eigenvalue weighted by Gasteiger charge is -2.10. The van der Waals surface area contributed by atoms with E-state index in [0.717, 1.165) is 4.88 Å². The monoisotopic (exact) mass is 367 g/mol. The van der Waals surface area contributed by atoms with Crippen molar-refractivity contribution in [3.05, 3.63) is 63.3 Å². The van der Waals surface area contributed by atoms with E-state index in [1.54, 1.807) is 29.5 Å². The molecule has 2 heterocycles. The molecular weight excluding hydrogens is 350 g/mol. The molecule has 3 rings (SSSR count). The second kappa shape index (κ2) is 8.41. The zero-order chi connectivity index (χ0) is 18.4. The van der Waals surface area contributed by atoms with Gasteiger partial charge in [0.15, 0.2) is 0 Å². The van der Waals surface area contributed by atoms with Crippen molar-refractivity contribution in [2.45, 2.75) is 19.4 Å². The molecule has 2 aromatic heterocycles. The fraction of sp³-hybridized carbons (Fsp3) is 0.263. The highest BCUT2D eigenvalue weighted by atomic mass is 32.1. The predicted octanol–water partition coefficient (Wildman–Crippen LogP) is 2.77. The van der Waals surface area contributed by atoms with Crippen LogP contribution >= 0.6 is 11.3 Å². The quantitative estimate of drug-likeness (QED) is 0.600. The van der Waals surface area contributed by atoms with Crippen molar-refractivity contribution in [2.24, 2.45) is 5.92 Å². The summed E-state index contributed by atoms with van der Waals surface area (Å²) in [5.74, 6) is -0.806. The van der Waals surface area contributed by atoms with Gasteiger partial charge in [-0.2, -0.15) is 5.26 Å². The fourth-order valence-corrected chi connectivity index (χ4v) is 3.34. The number of esters is 1. The molecule has 1 aromatic carbocycles. The maximum atomic E-state index is 12.4. The third-order valence-electron chi connectivity index (χ3n) is 3.94. The van der Waals surface area contributed by atoms with E-state index in [9.17, 15) is 14.9 Å². The van der Waals surface area contributed by atoms with E-state index in [0.29, 0.717) is 17.3 Å². The Labute approximate surface area is 154 Å². The van der Waals surface area contributed by atoms with Crippen LogP contribution in [0.4, 0.5) is 0 Å². The Bertz CT molecular complexity index is 989. The first-order valence-electron chi connectivity index (χ1n) is 8.19. The number of fused-ring (bicyclic) bond motifs is 1. The lowest BCUT2D eigenvalue weighted by atomic mass is 10.1. The molecule has 0 unspecified atom stereocenters. The van der Waals surface area contributed by atoms with Crippen molar-refractivity contribution >= 4 is 28.2 Å². The van der Waals surface area contributed by atoms with Crippen LogP contribution in [0, 0.1) is 17.2 Å². The lowest BCUT2D eigenvalue weighted by Crippen LogP contribution is -2.23. The topological polar surface area (TPSA) is 85.0 Å². The maximum Gasteiger partial charge on any atom is 0.307 e. The zero-order valence-electron chi connectivity index (χ0n) is 14.0. The van der Waals surface area contributed by atoms with Crippen LogP contribution in [0.2, 0.25) is 0 Å². The number of aryl methyl sites for hydroxylation is 1. The number of para-hydroxylation sites is 1. The Morgan fingerprint density at radius 3 is 2.92 bits per heavy atom. The number of nitriles is 1. The standard InChI is InChI=1S/C19H17N3O3S/c20-11-14(10-15-4-3-9-26-15)12-25-18(23)7-8-22-13-21-17-6-2-1-5-16(17)19(22)24/h1-6,9,13-14H,7-8,10,12H2/t14-/m0/s1. The van der Waals surface area contributed by atoms with Crippen LogP contribution in [0.5, 0.6) is 0 Å². The Hall–Kier alpha value is -2.98. The molecule has 0 fully saturated rings. The highest BCUT2D eigenvalue weighted by Gasteiger charge is 2.13. The van der Waals surface area contributed by atoms with E-state index in [-0.39, 0.29) is 31.0 Å². The number of benzene rings is 1. The molecule has 1 atom stereocenters. The third-order valence-corrected chi connectivity index (χ3v) is 4.84. The summed E-state index contributed by atoms with van der Waals surface area (Å²) in [5.41, 5.74) is 0.442. The van der Waals surface area contributed by atoms with Crippen LogP contribution in [0.15, 0.2) is 52.9 Å². The molecule has 0 amide bonds. The number of rotatable bonds is 7. The van der Waals surface area contributed by atoms with Gasteiger partial charge < -0.3 is 4.74 Å². The second-order valence-corrected chi connectivity index (χ2v) is 6.84. The minimum Gasteiger partial charge on any atom is -0.464 e. The smallest absolute Gasteiger partial charge is 0.307 e. The summed E-state index contributed by atoms with van der Waals surface area (Å²) in [6.07, 6.45) is 2.05. The van der Waals surface area contributed by atoms with Gasteiger partial charge in [-0.15, -0.1) is 11.3 Å². The average molecular weight is 367 g/mol. The first-order chi connectivity index (χ1) is 12.7. The molecule has 0 N–H and O–H groups in total. The van der Waals surface area contributed by atoms with Crippen LogP contribution < -0.4 is 5.56 Å². The molecule has 0 spiro atoms. The Morgan fingerprint density at radius 1 is 1.31 bits per heavy atom. The summed E-state index contributed by atoms with van der Waals surface area (Å²) in [6, 6.07) is 13.1. The minimum atomic E-state index is -0.434. The van der Waals surface area contributed by atoms with Crippen molar-refractivity contribution in [2.75, 3.05) is 6.61 Å². The molecule has 0 saturated carbocycles. The van der Waals surface area contributed by atoms with Gasteiger partial charge in [0.1, 0.15) is 6.61 Å². The minimum absolute atomic E-state index is 0.0527. The van der Waals surface area contributed by atoms with Gasteiger partial charge >= 0.3 is 5.97 Å². The van der Waals surface area contributed by atoms with E-state index < -0.39 is 5.97 Å². The largest absolute Gasteiger partial charge is 0.464 e. The number of nitrogens with zero attached hydrogens (tertiary/aromatic N) is 3. The molecule has 3 aromatic rings. The summed E-state index contributed by atoms with van der Waals surface area (Å²) >= 11 is 1.57. The van der Waals surface area contributed by atoms with Crippen LogP contribution in [0.25, 0.3) is 10.9 Å². The van der Waals surface area contributed by atoms with Gasteiger partial charge in [-0.3, -0.25) is 14.2 Å². The van der Waals surface area contributed by atoms with Gasteiger partial charge in [0.2, 0.25) is 0 Å². The van der Waals surface area contributed by atoms with Crippen molar-refractivity contribution in [3.8, 4) is 6.07 Å². The van der Waals surface area contributed by atoms with E-state index >= 15 is 0 Å². The maximum absolute atomic E-state index is 12.4. The zero-order valence-corrected chi connectivity index (χ0v) is 14.8. The molecule has 132 valence electrons. The Balaban J connectivity index is 1.53. The normalized spacial score (nSPS) is 11.8. The molecule has 0 aliphatic heterocycles. The number of thiophene rings is 1. The van der Waals surface area contributed by atoms with Crippen molar-refractivity contribution in [1.29, 1.82) is 5.26 Å². The lowest BCUT2D eigenvalue weighted by molar-refractivity contribution is -0.144. The number of hydrogen-bond acceptors (Lipinski definition) is 6. The molecule has 0 bridgehead atoms. The van der Waals surface area contributed by atoms with Crippen molar-refractivity contribution in [3.63, 3.8) is 0 Å². The van der Waals surface area contributed by atoms with Crippen LogP contribution in [0.1, 0.15) is 11.3 Å². The summed E-state index contributed by atoms with van der Waals surface area (Å²) < 4.78 is 6.60.